The van der Waals surface area contributed by atoms with E-state index in [4.69, 9.17) is 0 Å². The van der Waals surface area contributed by atoms with E-state index in [-0.39, 0.29) is 12.5 Å². The van der Waals surface area contributed by atoms with Crippen LogP contribution in [0.15, 0.2) is 10.4 Å². The summed E-state index contributed by atoms with van der Waals surface area (Å²) in [7, 11) is 3.50. The number of thiazole rings is 1. The topological polar surface area (TPSA) is 69.6 Å². The van der Waals surface area contributed by atoms with Crippen molar-refractivity contribution in [1.29, 1.82) is 0 Å². The second-order valence-electron chi connectivity index (χ2n) is 6.75. The molecule has 134 valence electrons. The molecule has 1 aromatic heterocycles. The number of guanidine groups is 1. The Morgan fingerprint density at radius 3 is 2.71 bits per heavy atom. The van der Waals surface area contributed by atoms with Crippen LogP contribution in [0.2, 0.25) is 0 Å². The monoisotopic (exact) mass is 351 g/mol. The molecule has 0 aliphatic heterocycles. The van der Waals surface area contributed by atoms with Crippen LogP contribution in [0.3, 0.4) is 0 Å². The van der Waals surface area contributed by atoms with Gasteiger partial charge in [0.25, 0.3) is 0 Å². The van der Waals surface area contributed by atoms with Gasteiger partial charge in [0.2, 0.25) is 5.91 Å². The van der Waals surface area contributed by atoms with Crippen LogP contribution in [0.5, 0.6) is 0 Å². The zero-order valence-electron chi connectivity index (χ0n) is 15.1. The van der Waals surface area contributed by atoms with Crippen molar-refractivity contribution in [3.05, 3.63) is 16.1 Å². The quantitative estimate of drug-likeness (QED) is 0.610. The third-order valence-corrected chi connectivity index (χ3v) is 5.00. The molecule has 6 nitrogen and oxygen atoms in total. The van der Waals surface area contributed by atoms with Gasteiger partial charge in [-0.25, -0.2) is 9.98 Å². The number of aromatic nitrogens is 1. The summed E-state index contributed by atoms with van der Waals surface area (Å²) >= 11 is 1.66. The highest BCUT2D eigenvalue weighted by Gasteiger charge is 2.17. The summed E-state index contributed by atoms with van der Waals surface area (Å²) in [5.74, 6) is 1.15. The van der Waals surface area contributed by atoms with E-state index in [1.54, 1.807) is 30.3 Å². The third kappa shape index (κ3) is 5.78. The average molecular weight is 352 g/mol. The molecule has 0 bridgehead atoms. The molecule has 1 heterocycles. The molecule has 2 N–H and O–H groups in total. The van der Waals surface area contributed by atoms with E-state index in [2.05, 4.69) is 39.8 Å². The highest BCUT2D eigenvalue weighted by molar-refractivity contribution is 7.09. The fraction of sp³-hybridized carbons (Fsp3) is 0.706. The highest BCUT2D eigenvalue weighted by atomic mass is 32.1. The lowest BCUT2D eigenvalue weighted by Crippen LogP contribution is -2.42. The Hall–Kier alpha value is -1.63. The minimum absolute atomic E-state index is 0.00105. The van der Waals surface area contributed by atoms with Gasteiger partial charge in [0.15, 0.2) is 5.96 Å². The molecule has 1 aliphatic carbocycles. The SMILES string of the molecule is CC(C)c1csc(CNC(=NCC(=O)N(C)C)NC2CCCC2)n1. The van der Waals surface area contributed by atoms with Crippen LogP contribution in [0, 0.1) is 0 Å². The molecule has 2 rings (SSSR count). The number of likely N-dealkylation sites (N-methyl/N-ethyl adjacent to an activating group) is 1. The van der Waals surface area contributed by atoms with Crippen molar-refractivity contribution in [1.82, 2.24) is 20.5 Å². The third-order valence-electron chi connectivity index (χ3n) is 4.14. The number of hydrogen-bond donors (Lipinski definition) is 2. The normalized spacial score (nSPS) is 15.8. The molecule has 0 unspecified atom stereocenters. The number of carbonyl (C=O) groups is 1. The second kappa shape index (κ2) is 9.01. The van der Waals surface area contributed by atoms with Crippen molar-refractivity contribution >= 4 is 23.2 Å². The number of hydrogen-bond acceptors (Lipinski definition) is 4. The predicted molar refractivity (Wildman–Crippen MR) is 99.4 cm³/mol. The van der Waals surface area contributed by atoms with Gasteiger partial charge in [-0.15, -0.1) is 11.3 Å². The van der Waals surface area contributed by atoms with Crippen molar-refractivity contribution in [2.75, 3.05) is 20.6 Å². The van der Waals surface area contributed by atoms with Crippen LogP contribution in [0.1, 0.15) is 56.2 Å². The minimum Gasteiger partial charge on any atom is -0.354 e. The van der Waals surface area contributed by atoms with Gasteiger partial charge in [-0.05, 0) is 18.8 Å². The van der Waals surface area contributed by atoms with E-state index in [1.807, 2.05) is 0 Å². The number of carbonyl (C=O) groups excluding carboxylic acids is 1. The Kier molecular flexibility index (Phi) is 7.02. The molecule has 1 aliphatic rings. The molecule has 0 saturated heterocycles. The Morgan fingerprint density at radius 2 is 2.12 bits per heavy atom. The first-order chi connectivity index (χ1) is 11.5. The highest BCUT2D eigenvalue weighted by Crippen LogP contribution is 2.18. The smallest absolute Gasteiger partial charge is 0.243 e. The van der Waals surface area contributed by atoms with Crippen molar-refractivity contribution in [3.8, 4) is 0 Å². The van der Waals surface area contributed by atoms with Crippen LogP contribution in [-0.2, 0) is 11.3 Å². The maximum atomic E-state index is 11.8. The average Bonchev–Trinajstić information content (AvgIpc) is 3.20. The number of nitrogens with one attached hydrogen (secondary N) is 2. The van der Waals surface area contributed by atoms with E-state index < -0.39 is 0 Å². The molecule has 1 saturated carbocycles. The van der Waals surface area contributed by atoms with Gasteiger partial charge in [0.1, 0.15) is 11.6 Å². The van der Waals surface area contributed by atoms with Gasteiger partial charge in [-0.1, -0.05) is 26.7 Å². The van der Waals surface area contributed by atoms with Gasteiger partial charge in [0.05, 0.1) is 12.2 Å². The molecule has 1 amide bonds. The van der Waals surface area contributed by atoms with Gasteiger partial charge in [-0.3, -0.25) is 4.79 Å². The zero-order valence-corrected chi connectivity index (χ0v) is 15.9. The number of rotatable bonds is 6. The van der Waals surface area contributed by atoms with Crippen LogP contribution < -0.4 is 10.6 Å². The van der Waals surface area contributed by atoms with E-state index in [0.29, 0.717) is 24.5 Å². The summed E-state index contributed by atoms with van der Waals surface area (Å²) in [6, 6.07) is 0.452. The summed E-state index contributed by atoms with van der Waals surface area (Å²) in [6.07, 6.45) is 4.84. The molecule has 0 radical (unpaired) electrons. The first kappa shape index (κ1) is 18.7. The molecule has 1 fully saturated rings. The molecule has 24 heavy (non-hydrogen) atoms. The number of aliphatic imine (C=N–C) groups is 1. The van der Waals surface area contributed by atoms with Gasteiger partial charge in [0, 0.05) is 25.5 Å². The maximum absolute atomic E-state index is 11.8. The van der Waals surface area contributed by atoms with Crippen molar-refractivity contribution in [2.45, 2.75) is 58.0 Å². The van der Waals surface area contributed by atoms with Crippen LogP contribution in [0.25, 0.3) is 0 Å². The lowest BCUT2D eigenvalue weighted by molar-refractivity contribution is -0.127. The molecule has 7 heteroatoms. The molecule has 0 atom stereocenters. The first-order valence-corrected chi connectivity index (χ1v) is 9.53. The Labute approximate surface area is 148 Å². The summed E-state index contributed by atoms with van der Waals surface area (Å²) < 4.78 is 0. The lowest BCUT2D eigenvalue weighted by Gasteiger charge is -2.17. The van der Waals surface area contributed by atoms with E-state index in [9.17, 15) is 4.79 Å². The van der Waals surface area contributed by atoms with Gasteiger partial charge in [-0.2, -0.15) is 0 Å². The summed E-state index contributed by atoms with van der Waals surface area (Å²) in [4.78, 5) is 22.4. The molecular weight excluding hydrogens is 322 g/mol. The van der Waals surface area contributed by atoms with Gasteiger partial charge < -0.3 is 15.5 Å². The van der Waals surface area contributed by atoms with Crippen LogP contribution in [0.4, 0.5) is 0 Å². The fourth-order valence-corrected chi connectivity index (χ4v) is 3.43. The van der Waals surface area contributed by atoms with Crippen LogP contribution in [-0.4, -0.2) is 48.4 Å². The Bertz CT molecular complexity index is 561. The summed E-state index contributed by atoms with van der Waals surface area (Å²) in [5, 5.41) is 9.93. The van der Waals surface area contributed by atoms with Crippen molar-refractivity contribution in [3.63, 3.8) is 0 Å². The Morgan fingerprint density at radius 1 is 1.42 bits per heavy atom. The van der Waals surface area contributed by atoms with Crippen molar-refractivity contribution < 1.29 is 4.79 Å². The lowest BCUT2D eigenvalue weighted by atomic mass is 10.2. The maximum Gasteiger partial charge on any atom is 0.243 e. The van der Waals surface area contributed by atoms with Crippen LogP contribution >= 0.6 is 11.3 Å². The van der Waals surface area contributed by atoms with E-state index in [1.165, 1.54) is 12.8 Å². The van der Waals surface area contributed by atoms with E-state index >= 15 is 0 Å². The zero-order chi connectivity index (χ0) is 17.5. The standard InChI is InChI=1S/C17H29N5OS/c1-12(2)14-11-24-15(21-14)9-18-17(19-10-16(23)22(3)4)20-13-7-5-6-8-13/h11-13H,5-10H2,1-4H3,(H2,18,19,20). The Balaban J connectivity index is 1.95. The number of nitrogens with zero attached hydrogens (tertiary/aromatic N) is 3. The molecule has 0 aromatic carbocycles. The molecule has 0 spiro atoms. The molecular formula is C17H29N5OS. The largest absolute Gasteiger partial charge is 0.354 e. The first-order valence-electron chi connectivity index (χ1n) is 8.65. The summed E-state index contributed by atoms with van der Waals surface area (Å²) in [6.45, 7) is 5.08. The summed E-state index contributed by atoms with van der Waals surface area (Å²) in [5.41, 5.74) is 1.13. The molecule has 1 aromatic rings. The fourth-order valence-electron chi connectivity index (χ4n) is 2.53. The second-order valence-corrected chi connectivity index (χ2v) is 7.70. The van der Waals surface area contributed by atoms with Crippen molar-refractivity contribution in [2.24, 2.45) is 4.99 Å². The predicted octanol–water partition coefficient (Wildman–Crippen LogP) is 2.33. The van der Waals surface area contributed by atoms with Gasteiger partial charge >= 0.3 is 0 Å². The number of amides is 1. The minimum atomic E-state index is -0.00105. The van der Waals surface area contributed by atoms with E-state index in [0.717, 1.165) is 23.5 Å².